The number of halogens is 6. The Hall–Kier alpha value is -4.31. The van der Waals surface area contributed by atoms with Crippen LogP contribution in [0.1, 0.15) is 37.8 Å². The number of H-pyrrole nitrogens is 1. The van der Waals surface area contributed by atoms with Gasteiger partial charge in [0, 0.05) is 30.7 Å². The Labute approximate surface area is 238 Å². The van der Waals surface area contributed by atoms with Crippen molar-refractivity contribution in [2.75, 3.05) is 6.61 Å². The minimum Gasteiger partial charge on any atom is -0.485 e. The Kier molecular flexibility index (Phi) is 9.20. The molecule has 0 radical (unpaired) electrons. The molecule has 0 unspecified atom stereocenters. The van der Waals surface area contributed by atoms with Crippen molar-refractivity contribution < 1.29 is 40.9 Å². The van der Waals surface area contributed by atoms with Crippen LogP contribution in [0.4, 0.5) is 26.3 Å². The number of hydrogen-bond donors (Lipinski definition) is 2. The monoisotopic (exact) mass is 613 g/mol. The maximum Gasteiger partial charge on any atom is 0.425 e. The number of fused-ring (bicyclic) bond motifs is 1. The van der Waals surface area contributed by atoms with Gasteiger partial charge in [0.15, 0.2) is 17.1 Å². The number of aromatic amines is 1. The topological polar surface area (TPSA) is 132 Å². The first kappa shape index (κ1) is 31.6. The molecule has 3 heterocycles. The van der Waals surface area contributed by atoms with Gasteiger partial charge in [0.1, 0.15) is 11.9 Å². The molecule has 0 aliphatic heterocycles. The van der Waals surface area contributed by atoms with Gasteiger partial charge in [-0.05, 0) is 50.3 Å². The molecule has 2 N–H and O–H groups in total. The lowest BCUT2D eigenvalue weighted by Crippen LogP contribution is -2.30. The summed E-state index contributed by atoms with van der Waals surface area (Å²) in [6.07, 6.45) is -1.85. The third-order valence-corrected chi connectivity index (χ3v) is 6.40. The van der Waals surface area contributed by atoms with E-state index in [1.54, 1.807) is 18.9 Å². The van der Waals surface area contributed by atoms with Crippen LogP contribution in [0.2, 0.25) is 0 Å². The van der Waals surface area contributed by atoms with Gasteiger partial charge in [0.2, 0.25) is 0 Å². The van der Waals surface area contributed by atoms with Crippen LogP contribution in [0.5, 0.6) is 5.75 Å². The largest absolute Gasteiger partial charge is 0.485 e. The van der Waals surface area contributed by atoms with Crippen LogP contribution in [0, 0.1) is 5.82 Å². The first-order valence-electron chi connectivity index (χ1n) is 12.7. The summed E-state index contributed by atoms with van der Waals surface area (Å²) < 4.78 is 91.1. The highest BCUT2D eigenvalue weighted by molar-refractivity contribution is 5.85. The normalized spacial score (nSPS) is 13.1. The summed E-state index contributed by atoms with van der Waals surface area (Å²) in [4.78, 5) is 33.0. The van der Waals surface area contributed by atoms with E-state index in [1.165, 1.54) is 35.3 Å². The molecule has 0 amide bonds. The fraction of sp³-hybridized carbons (Fsp3) is 0.370. The first-order chi connectivity index (χ1) is 20.1. The lowest BCUT2D eigenvalue weighted by atomic mass is 10.0. The molecule has 1 atom stereocenters. The molecule has 0 fully saturated rings. The SMILES string of the molecule is CC(C)(O)c1cnc(-c2cc3ccn(CCC[C@@H](COC(F)F)Oc4cn[nH]c(=O)c4C(F)(F)F)c(=O)c3cc2F)nc1. The molecule has 0 saturated carbocycles. The minimum atomic E-state index is -5.11. The number of benzene rings is 1. The zero-order valence-corrected chi connectivity index (χ0v) is 22.7. The number of pyridine rings is 1. The van der Waals surface area contributed by atoms with E-state index >= 15 is 4.39 Å². The second-order valence-corrected chi connectivity index (χ2v) is 10.0. The van der Waals surface area contributed by atoms with Crippen molar-refractivity contribution in [2.24, 2.45) is 0 Å². The average Bonchev–Trinajstić information content (AvgIpc) is 2.91. The number of alkyl halides is 5. The van der Waals surface area contributed by atoms with Crippen LogP contribution in [0.25, 0.3) is 22.2 Å². The van der Waals surface area contributed by atoms with Crippen LogP contribution >= 0.6 is 0 Å². The Balaban J connectivity index is 1.52. The maximum atomic E-state index is 15.0. The number of nitrogens with zero attached hydrogens (tertiary/aromatic N) is 4. The first-order valence-corrected chi connectivity index (χ1v) is 12.7. The van der Waals surface area contributed by atoms with Gasteiger partial charge in [0.25, 0.3) is 11.1 Å². The second-order valence-electron chi connectivity index (χ2n) is 10.0. The van der Waals surface area contributed by atoms with Crippen LogP contribution in [-0.2, 0) is 23.1 Å². The maximum absolute atomic E-state index is 15.0. The molecule has 16 heteroatoms. The van der Waals surface area contributed by atoms with Crippen molar-refractivity contribution in [1.82, 2.24) is 24.7 Å². The van der Waals surface area contributed by atoms with Gasteiger partial charge in [0.05, 0.1) is 29.4 Å². The highest BCUT2D eigenvalue weighted by Gasteiger charge is 2.39. The van der Waals surface area contributed by atoms with E-state index in [-0.39, 0.29) is 36.2 Å². The predicted molar refractivity (Wildman–Crippen MR) is 140 cm³/mol. The molecule has 1 aromatic carbocycles. The minimum absolute atomic E-state index is 0.0232. The summed E-state index contributed by atoms with van der Waals surface area (Å²) in [6, 6.07) is 3.96. The molecule has 0 aliphatic carbocycles. The molecule has 0 spiro atoms. The zero-order valence-electron chi connectivity index (χ0n) is 22.7. The van der Waals surface area contributed by atoms with Gasteiger partial charge in [-0.2, -0.15) is 27.1 Å². The van der Waals surface area contributed by atoms with Gasteiger partial charge >= 0.3 is 12.8 Å². The van der Waals surface area contributed by atoms with Crippen molar-refractivity contribution in [3.8, 4) is 17.1 Å². The molecule has 4 rings (SSSR count). The van der Waals surface area contributed by atoms with Gasteiger partial charge in [-0.25, -0.2) is 19.5 Å². The summed E-state index contributed by atoms with van der Waals surface area (Å²) in [5, 5.41) is 15.4. The number of aliphatic hydroxyl groups is 1. The average molecular weight is 614 g/mol. The molecule has 43 heavy (non-hydrogen) atoms. The number of rotatable bonds is 11. The van der Waals surface area contributed by atoms with Crippen LogP contribution in [-0.4, -0.2) is 49.2 Å². The Morgan fingerprint density at radius 3 is 2.42 bits per heavy atom. The molecule has 0 aliphatic rings. The van der Waals surface area contributed by atoms with E-state index in [9.17, 15) is 36.6 Å². The molecule has 10 nitrogen and oxygen atoms in total. The summed E-state index contributed by atoms with van der Waals surface area (Å²) in [6.45, 7) is -0.998. The van der Waals surface area contributed by atoms with Gasteiger partial charge in [-0.1, -0.05) is 0 Å². The Morgan fingerprint density at radius 2 is 1.79 bits per heavy atom. The molecule has 230 valence electrons. The van der Waals surface area contributed by atoms with E-state index in [0.717, 1.165) is 6.07 Å². The highest BCUT2D eigenvalue weighted by Crippen LogP contribution is 2.33. The molecule has 0 saturated heterocycles. The fourth-order valence-electron chi connectivity index (χ4n) is 4.20. The van der Waals surface area contributed by atoms with Crippen LogP contribution < -0.4 is 15.9 Å². The molecule has 3 aromatic heterocycles. The third kappa shape index (κ3) is 7.56. The third-order valence-electron chi connectivity index (χ3n) is 6.40. The van der Waals surface area contributed by atoms with Crippen LogP contribution in [0.15, 0.2) is 52.6 Å². The van der Waals surface area contributed by atoms with Gasteiger partial charge < -0.3 is 19.1 Å². The fourth-order valence-corrected chi connectivity index (χ4v) is 4.20. The summed E-state index contributed by atoms with van der Waals surface area (Å²) in [5.41, 5.74) is -4.59. The second kappa shape index (κ2) is 12.5. The smallest absolute Gasteiger partial charge is 0.425 e. The summed E-state index contributed by atoms with van der Waals surface area (Å²) in [7, 11) is 0. The van der Waals surface area contributed by atoms with Crippen molar-refractivity contribution in [3.63, 3.8) is 0 Å². The zero-order chi connectivity index (χ0) is 31.5. The summed E-state index contributed by atoms with van der Waals surface area (Å²) >= 11 is 0. The van der Waals surface area contributed by atoms with E-state index in [0.29, 0.717) is 17.1 Å². The lowest BCUT2D eigenvalue weighted by molar-refractivity contribution is -0.150. The van der Waals surface area contributed by atoms with E-state index < -0.39 is 59.3 Å². The Morgan fingerprint density at radius 1 is 1.09 bits per heavy atom. The lowest BCUT2D eigenvalue weighted by Gasteiger charge is -2.21. The van der Waals surface area contributed by atoms with E-state index in [4.69, 9.17) is 4.74 Å². The van der Waals surface area contributed by atoms with Crippen molar-refractivity contribution in [1.29, 1.82) is 0 Å². The number of hydrogen-bond acceptors (Lipinski definition) is 8. The van der Waals surface area contributed by atoms with Crippen molar-refractivity contribution >= 4 is 10.8 Å². The van der Waals surface area contributed by atoms with E-state index in [2.05, 4.69) is 19.8 Å². The van der Waals surface area contributed by atoms with Crippen molar-refractivity contribution in [2.45, 2.75) is 57.7 Å². The predicted octanol–water partition coefficient (Wildman–Crippen LogP) is 4.39. The number of aryl methyl sites for hydroxylation is 1. The highest BCUT2D eigenvalue weighted by atomic mass is 19.4. The van der Waals surface area contributed by atoms with Gasteiger partial charge in [-0.15, -0.1) is 0 Å². The van der Waals surface area contributed by atoms with E-state index in [1.807, 2.05) is 0 Å². The standard InChI is InChI=1S/C27H25F6N5O5/c1-26(2,41)15-10-34-22(35-11-15)18-8-14-5-7-38(24(40)17(14)9-19(18)28)6-3-4-16(13-42-25(29)30)43-20-12-36-37-23(39)21(20)27(31,32)33/h5,7-12,16,25,41H,3-4,6,13H2,1-2H3,(H,37,39)/t16-/m0/s1. The molecular weight excluding hydrogens is 588 g/mol. The Bertz CT molecular complexity index is 1700. The number of ether oxygens (including phenoxy) is 2. The van der Waals surface area contributed by atoms with Gasteiger partial charge in [-0.3, -0.25) is 9.59 Å². The quantitative estimate of drug-likeness (QED) is 0.238. The molecule has 0 bridgehead atoms. The van der Waals surface area contributed by atoms with Crippen LogP contribution in [0.3, 0.4) is 0 Å². The van der Waals surface area contributed by atoms with Crippen molar-refractivity contribution in [3.05, 3.63) is 80.6 Å². The molecular formula is C27H25F6N5O5. The molecule has 4 aromatic rings. The number of aromatic nitrogens is 5. The number of nitrogens with one attached hydrogen (secondary N) is 1. The summed E-state index contributed by atoms with van der Waals surface area (Å²) in [5.74, 6) is -1.70.